The van der Waals surface area contributed by atoms with Gasteiger partial charge in [0, 0.05) is 36.1 Å². The number of benzene rings is 1. The van der Waals surface area contributed by atoms with E-state index in [0.717, 1.165) is 56.8 Å². The normalized spacial score (nSPS) is 14.3. The van der Waals surface area contributed by atoms with Crippen molar-refractivity contribution in [2.75, 3.05) is 32.0 Å². The third kappa shape index (κ3) is 14.0. The summed E-state index contributed by atoms with van der Waals surface area (Å²) in [6.45, 7) is 9.69. The molecule has 0 amide bonds. The van der Waals surface area contributed by atoms with Gasteiger partial charge in [-0.3, -0.25) is 0 Å². The molecule has 0 aromatic heterocycles. The largest absolute Gasteiger partial charge is 0.419 e. The van der Waals surface area contributed by atoms with E-state index in [1.165, 1.54) is 0 Å². The molecule has 1 aromatic carbocycles. The second kappa shape index (κ2) is 19.7. The molecule has 1 rings (SSSR count). The number of amidine groups is 2. The number of carbonyl (C=O) groups is 1. The van der Waals surface area contributed by atoms with Crippen LogP contribution < -0.4 is 16.4 Å². The highest BCUT2D eigenvalue weighted by Crippen LogP contribution is 2.31. The number of nitrogens with zero attached hydrogens (tertiary/aromatic N) is 3. The summed E-state index contributed by atoms with van der Waals surface area (Å²) < 4.78 is 42.5. The summed E-state index contributed by atoms with van der Waals surface area (Å²) in [6, 6.07) is 5.13. The van der Waals surface area contributed by atoms with Gasteiger partial charge in [-0.15, -0.1) is 0 Å². The minimum absolute atomic E-state index is 0.0260. The van der Waals surface area contributed by atoms with Crippen molar-refractivity contribution >= 4 is 23.6 Å². The second-order valence-electron chi connectivity index (χ2n) is 10.6. The van der Waals surface area contributed by atoms with Crippen LogP contribution in [0.2, 0.25) is 0 Å². The van der Waals surface area contributed by atoms with Crippen molar-refractivity contribution in [1.29, 1.82) is 0 Å². The molecule has 11 heteroatoms. The van der Waals surface area contributed by atoms with E-state index in [4.69, 9.17) is 10.9 Å². The molecule has 0 bridgehead atoms. The lowest BCUT2D eigenvalue weighted by atomic mass is 10.0. The molecule has 5 N–H and O–H groups in total. The van der Waals surface area contributed by atoms with E-state index >= 15 is 0 Å². The van der Waals surface area contributed by atoms with Gasteiger partial charge in [-0.05, 0) is 88.8 Å². The number of aliphatic imine (C=N–C) groups is 1. The topological polar surface area (TPSA) is 115 Å². The van der Waals surface area contributed by atoms with E-state index < -0.39 is 11.7 Å². The fraction of sp³-hybridized carbons (Fsp3) is 0.581. The predicted octanol–water partition coefficient (Wildman–Crippen LogP) is 6.61. The van der Waals surface area contributed by atoms with Crippen LogP contribution in [0.15, 0.2) is 51.9 Å². The molecule has 1 atom stereocenters. The molecule has 8 nitrogen and oxygen atoms in total. The maximum absolute atomic E-state index is 14.2. The summed E-state index contributed by atoms with van der Waals surface area (Å²) >= 11 is 0. The summed E-state index contributed by atoms with van der Waals surface area (Å²) in [5.41, 5.74) is 6.94. The number of rotatable bonds is 19. The Kier molecular flexibility index (Phi) is 17.2. The van der Waals surface area contributed by atoms with E-state index in [0.29, 0.717) is 55.2 Å². The Morgan fingerprint density at radius 1 is 1.17 bits per heavy atom. The Morgan fingerprint density at radius 2 is 1.90 bits per heavy atom. The standard InChI is InChI=1S/C31H49F3N6O2/c1-6-8-13-29(36-17-11-18-40(5)19-16-23(3)12-9-10-20-41)27(31(32,33)34)22-37-24(4)38-28-15-14-26(30(35)39-42)21-25(28)7-2/h13-15,20-23,36,42H,6-12,16-19H2,1-5H3,(H2,35,39)(H,37,38)/b27-22+,29-13-. The molecule has 0 saturated heterocycles. The summed E-state index contributed by atoms with van der Waals surface area (Å²) in [5, 5.41) is 18.0. The molecular formula is C31H49F3N6O2. The first-order chi connectivity index (χ1) is 20.0. The van der Waals surface area contributed by atoms with Gasteiger partial charge in [0.05, 0.1) is 5.57 Å². The van der Waals surface area contributed by atoms with Gasteiger partial charge in [0.15, 0.2) is 5.84 Å². The molecule has 0 aliphatic carbocycles. The van der Waals surface area contributed by atoms with Crippen LogP contribution in [0.5, 0.6) is 0 Å². The lowest BCUT2D eigenvalue weighted by Crippen LogP contribution is -2.28. The van der Waals surface area contributed by atoms with E-state index in [1.807, 2.05) is 20.9 Å². The van der Waals surface area contributed by atoms with E-state index in [1.54, 1.807) is 31.2 Å². The third-order valence-electron chi connectivity index (χ3n) is 6.88. The van der Waals surface area contributed by atoms with Crippen molar-refractivity contribution in [3.63, 3.8) is 0 Å². The number of anilines is 1. The summed E-state index contributed by atoms with van der Waals surface area (Å²) in [7, 11) is 2.02. The molecule has 0 aliphatic heterocycles. The van der Waals surface area contributed by atoms with Crippen LogP contribution in [0.4, 0.5) is 18.9 Å². The van der Waals surface area contributed by atoms with Gasteiger partial charge in [0.1, 0.15) is 12.1 Å². The highest BCUT2D eigenvalue weighted by atomic mass is 19.4. The van der Waals surface area contributed by atoms with Crippen molar-refractivity contribution < 1.29 is 23.2 Å². The van der Waals surface area contributed by atoms with Crippen LogP contribution in [0.3, 0.4) is 0 Å². The number of hydrogen-bond acceptors (Lipinski definition) is 6. The van der Waals surface area contributed by atoms with Crippen molar-refractivity contribution in [3.05, 3.63) is 52.9 Å². The Morgan fingerprint density at radius 3 is 2.52 bits per heavy atom. The molecule has 236 valence electrons. The van der Waals surface area contributed by atoms with Gasteiger partial charge in [0.25, 0.3) is 0 Å². The Labute approximate surface area is 249 Å². The maximum atomic E-state index is 14.2. The highest BCUT2D eigenvalue weighted by molar-refractivity contribution is 5.99. The SMILES string of the molecule is CCC/C=C(NCCCN(C)CCC(C)CCCC=O)/C(=C\N=C(C)Nc1ccc(/C(N)=N\O)cc1CC)C(F)(F)F. The minimum Gasteiger partial charge on any atom is -0.409 e. The number of halogens is 3. The zero-order valence-electron chi connectivity index (χ0n) is 25.7. The van der Waals surface area contributed by atoms with Crippen molar-refractivity contribution in [2.45, 2.75) is 85.2 Å². The van der Waals surface area contributed by atoms with Gasteiger partial charge in [-0.1, -0.05) is 44.8 Å². The smallest absolute Gasteiger partial charge is 0.409 e. The predicted molar refractivity (Wildman–Crippen MR) is 166 cm³/mol. The third-order valence-corrected chi connectivity index (χ3v) is 6.88. The van der Waals surface area contributed by atoms with Gasteiger partial charge >= 0.3 is 6.18 Å². The first kappa shape index (κ1) is 36.7. The number of alkyl halides is 3. The van der Waals surface area contributed by atoms with Gasteiger partial charge in [-0.2, -0.15) is 13.2 Å². The first-order valence-electron chi connectivity index (χ1n) is 14.7. The zero-order valence-corrected chi connectivity index (χ0v) is 25.7. The Balaban J connectivity index is 2.92. The molecular weight excluding hydrogens is 545 g/mol. The van der Waals surface area contributed by atoms with E-state index in [-0.39, 0.29) is 11.5 Å². The average Bonchev–Trinajstić information content (AvgIpc) is 2.95. The van der Waals surface area contributed by atoms with Crippen molar-refractivity contribution in [1.82, 2.24) is 10.2 Å². The maximum Gasteiger partial charge on any atom is 0.419 e. The second-order valence-corrected chi connectivity index (χ2v) is 10.6. The average molecular weight is 595 g/mol. The van der Waals surface area contributed by atoms with E-state index in [9.17, 15) is 18.0 Å². The number of nitrogens with one attached hydrogen (secondary N) is 2. The summed E-state index contributed by atoms with van der Waals surface area (Å²) in [5.74, 6) is 0.793. The molecule has 1 unspecified atom stereocenters. The van der Waals surface area contributed by atoms with Gasteiger partial charge in [0.2, 0.25) is 0 Å². The number of allylic oxidation sites excluding steroid dienone is 2. The molecule has 0 spiro atoms. The van der Waals surface area contributed by atoms with Crippen LogP contribution in [-0.4, -0.2) is 60.9 Å². The number of aldehydes is 1. The monoisotopic (exact) mass is 594 g/mol. The number of unbranched alkanes of at least 4 members (excludes halogenated alkanes) is 2. The number of hydrogen-bond donors (Lipinski definition) is 4. The van der Waals surface area contributed by atoms with E-state index in [2.05, 4.69) is 32.6 Å². The lowest BCUT2D eigenvalue weighted by Gasteiger charge is -2.21. The van der Waals surface area contributed by atoms with Crippen molar-refractivity contribution in [3.8, 4) is 0 Å². The molecule has 42 heavy (non-hydrogen) atoms. The fourth-order valence-corrected chi connectivity index (χ4v) is 4.29. The Hall–Kier alpha value is -3.34. The quantitative estimate of drug-likeness (QED) is 0.0273. The van der Waals surface area contributed by atoms with Gasteiger partial charge < -0.3 is 31.3 Å². The molecule has 0 radical (unpaired) electrons. The molecule has 1 aromatic rings. The fourth-order valence-electron chi connectivity index (χ4n) is 4.29. The number of carbonyl (C=O) groups excluding carboxylic acids is 1. The summed E-state index contributed by atoms with van der Waals surface area (Å²) in [4.78, 5) is 16.8. The van der Waals surface area contributed by atoms with Gasteiger partial charge in [-0.25, -0.2) is 4.99 Å². The van der Waals surface area contributed by atoms with Crippen LogP contribution >= 0.6 is 0 Å². The zero-order chi connectivity index (χ0) is 31.5. The molecule has 0 aliphatic rings. The van der Waals surface area contributed by atoms with Crippen LogP contribution in [0.1, 0.15) is 83.8 Å². The minimum atomic E-state index is -4.59. The number of oxime groups is 1. The molecule has 0 fully saturated rings. The highest BCUT2D eigenvalue weighted by Gasteiger charge is 2.36. The van der Waals surface area contributed by atoms with Crippen LogP contribution in [0, 0.1) is 5.92 Å². The summed E-state index contributed by atoms with van der Waals surface area (Å²) in [6.07, 6.45) is 4.89. The van der Waals surface area contributed by atoms with Crippen LogP contribution in [0.25, 0.3) is 0 Å². The number of aryl methyl sites for hydroxylation is 1. The van der Waals surface area contributed by atoms with Crippen molar-refractivity contribution in [2.24, 2.45) is 21.8 Å². The molecule has 0 saturated carbocycles. The van der Waals surface area contributed by atoms with Crippen LogP contribution in [-0.2, 0) is 11.2 Å². The Bertz CT molecular complexity index is 1080. The number of nitrogens with two attached hydrogens (primary N) is 1. The molecule has 0 heterocycles. The lowest BCUT2D eigenvalue weighted by molar-refractivity contribution is -0.108. The first-order valence-corrected chi connectivity index (χ1v) is 14.7.